The van der Waals surface area contributed by atoms with E-state index < -0.39 is 0 Å². The molecule has 0 bridgehead atoms. The van der Waals surface area contributed by atoms with Crippen molar-refractivity contribution in [1.82, 2.24) is 9.78 Å². The lowest BCUT2D eigenvalue weighted by Gasteiger charge is -2.20. The fraction of sp³-hybridized carbons (Fsp3) is 0.345. The molecule has 2 aromatic carbocycles. The predicted octanol–water partition coefficient (Wildman–Crippen LogP) is 6.56. The van der Waals surface area contributed by atoms with Gasteiger partial charge in [-0.05, 0) is 57.9 Å². The lowest BCUT2D eigenvalue weighted by Crippen LogP contribution is -2.26. The van der Waals surface area contributed by atoms with E-state index in [1.807, 2.05) is 60.6 Å². The van der Waals surface area contributed by atoms with Crippen LogP contribution < -0.4 is 5.56 Å². The van der Waals surface area contributed by atoms with Crippen LogP contribution in [0.4, 0.5) is 5.69 Å². The molecule has 0 radical (unpaired) electrons. The van der Waals surface area contributed by atoms with Crippen molar-refractivity contribution in [1.29, 1.82) is 5.26 Å². The van der Waals surface area contributed by atoms with Gasteiger partial charge in [0.15, 0.2) is 5.69 Å². The van der Waals surface area contributed by atoms with Gasteiger partial charge < -0.3 is 4.74 Å². The average Bonchev–Trinajstić information content (AvgIpc) is 2.83. The van der Waals surface area contributed by atoms with Gasteiger partial charge in [-0.3, -0.25) is 9.59 Å². The maximum Gasteiger partial charge on any atom is 0.308 e. The third-order valence-electron chi connectivity index (χ3n) is 4.98. The summed E-state index contributed by atoms with van der Waals surface area (Å²) in [5.41, 5.74) is 3.33. The molecule has 1 aromatic heterocycles. The third kappa shape index (κ3) is 7.38. The summed E-state index contributed by atoms with van der Waals surface area (Å²) in [4.78, 5) is 27.4. The van der Waals surface area contributed by atoms with Gasteiger partial charge in [0.2, 0.25) is 0 Å². The zero-order valence-corrected chi connectivity index (χ0v) is 21.9. The molecule has 0 aliphatic carbocycles. The predicted molar refractivity (Wildman–Crippen MR) is 141 cm³/mol. The topological polar surface area (TPSA) is 89.3 Å². The SMILES string of the molecule is CC(C)C(=O)OC(C)(C)C.[C-]#[N+]c1ccc(-c2c(-c3ccc(C#N)cc3)cnn(C(C)C)c2=O)cc1. The molecule has 0 saturated carbocycles. The number of hydrogen-bond acceptors (Lipinski definition) is 5. The van der Waals surface area contributed by atoms with Crippen LogP contribution in [0.1, 0.15) is 60.1 Å². The molecule has 0 fully saturated rings. The summed E-state index contributed by atoms with van der Waals surface area (Å²) in [6, 6.07) is 16.0. The number of ether oxygens (including phenoxy) is 1. The summed E-state index contributed by atoms with van der Waals surface area (Å²) in [7, 11) is 0. The van der Waals surface area contributed by atoms with Gasteiger partial charge >= 0.3 is 5.97 Å². The quantitative estimate of drug-likeness (QED) is 0.309. The molecule has 36 heavy (non-hydrogen) atoms. The van der Waals surface area contributed by atoms with Gasteiger partial charge in [-0.1, -0.05) is 50.2 Å². The lowest BCUT2D eigenvalue weighted by molar-refractivity contribution is -0.158. The van der Waals surface area contributed by atoms with Crippen LogP contribution in [0.15, 0.2) is 59.5 Å². The second-order valence-electron chi connectivity index (χ2n) is 9.81. The van der Waals surface area contributed by atoms with Crippen LogP contribution in [-0.2, 0) is 9.53 Å². The van der Waals surface area contributed by atoms with Gasteiger partial charge in [0.05, 0.1) is 41.9 Å². The molecule has 186 valence electrons. The summed E-state index contributed by atoms with van der Waals surface area (Å²) in [6.45, 7) is 20.2. The number of esters is 1. The average molecular weight is 485 g/mol. The van der Waals surface area contributed by atoms with Crippen LogP contribution in [0.2, 0.25) is 0 Å². The molecule has 0 unspecified atom stereocenters. The van der Waals surface area contributed by atoms with E-state index in [2.05, 4.69) is 16.0 Å². The van der Waals surface area contributed by atoms with E-state index in [1.165, 1.54) is 4.68 Å². The summed E-state index contributed by atoms with van der Waals surface area (Å²) in [5.74, 6) is -0.160. The van der Waals surface area contributed by atoms with Gasteiger partial charge in [-0.2, -0.15) is 10.4 Å². The molecule has 0 N–H and O–H groups in total. The first-order valence-corrected chi connectivity index (χ1v) is 11.7. The fourth-order valence-corrected chi connectivity index (χ4v) is 3.18. The minimum atomic E-state index is -0.346. The highest BCUT2D eigenvalue weighted by Gasteiger charge is 2.18. The number of carbonyl (C=O) groups is 1. The maximum absolute atomic E-state index is 13.1. The molecule has 0 aliphatic rings. The van der Waals surface area contributed by atoms with E-state index in [1.54, 1.807) is 42.6 Å². The van der Waals surface area contributed by atoms with E-state index in [9.17, 15) is 9.59 Å². The van der Waals surface area contributed by atoms with Gasteiger partial charge in [0.25, 0.3) is 5.56 Å². The van der Waals surface area contributed by atoms with Crippen LogP contribution in [0, 0.1) is 23.8 Å². The van der Waals surface area contributed by atoms with Crippen LogP contribution in [0.5, 0.6) is 0 Å². The number of benzene rings is 2. The Hall–Kier alpha value is -4.23. The van der Waals surface area contributed by atoms with Crippen LogP contribution >= 0.6 is 0 Å². The molecule has 7 heteroatoms. The molecule has 7 nitrogen and oxygen atoms in total. The highest BCUT2D eigenvalue weighted by molar-refractivity contribution is 5.83. The highest BCUT2D eigenvalue weighted by Crippen LogP contribution is 2.30. The molecule has 0 amide bonds. The Labute approximate surface area is 212 Å². The molecule has 3 rings (SSSR count). The van der Waals surface area contributed by atoms with E-state index in [0.717, 1.165) is 11.1 Å². The monoisotopic (exact) mass is 484 g/mol. The van der Waals surface area contributed by atoms with Crippen LogP contribution in [0.25, 0.3) is 27.1 Å². The Kier molecular flexibility index (Phi) is 9.30. The second kappa shape index (κ2) is 12.0. The zero-order chi connectivity index (χ0) is 27.0. The molecule has 1 heterocycles. The second-order valence-corrected chi connectivity index (χ2v) is 9.81. The molecular weight excluding hydrogens is 452 g/mol. The standard InChI is InChI=1S/C21H16N4O.C8H16O2/c1-14(2)25-21(26)20(17-8-10-18(23-3)11-9-17)19(13-24-25)16-6-4-15(12-22)5-7-16;1-6(2)7(9)10-8(3,4)5/h4-11,13-14H,1-2H3;6H,1-5H3. The van der Waals surface area contributed by atoms with Crippen LogP contribution in [-0.4, -0.2) is 21.4 Å². The largest absolute Gasteiger partial charge is 0.460 e. The van der Waals surface area contributed by atoms with E-state index in [4.69, 9.17) is 16.6 Å². The van der Waals surface area contributed by atoms with Gasteiger partial charge in [-0.25, -0.2) is 9.53 Å². The Balaban J connectivity index is 0.000000388. The number of nitriles is 1. The number of hydrogen-bond donors (Lipinski definition) is 0. The van der Waals surface area contributed by atoms with Gasteiger partial charge in [0, 0.05) is 5.56 Å². The minimum Gasteiger partial charge on any atom is -0.460 e. The first-order valence-electron chi connectivity index (χ1n) is 11.7. The van der Waals surface area contributed by atoms with Crippen LogP contribution in [0.3, 0.4) is 0 Å². The van der Waals surface area contributed by atoms with Crippen molar-refractivity contribution >= 4 is 11.7 Å². The summed E-state index contributed by atoms with van der Waals surface area (Å²) >= 11 is 0. The molecule has 0 atom stereocenters. The fourth-order valence-electron chi connectivity index (χ4n) is 3.18. The number of aromatic nitrogens is 2. The third-order valence-corrected chi connectivity index (χ3v) is 4.98. The number of carbonyl (C=O) groups excluding carboxylic acids is 1. The Morgan fingerprint density at radius 3 is 2.00 bits per heavy atom. The van der Waals surface area contributed by atoms with Crippen molar-refractivity contribution in [3.8, 4) is 28.3 Å². The summed E-state index contributed by atoms with van der Waals surface area (Å²) < 4.78 is 6.51. The summed E-state index contributed by atoms with van der Waals surface area (Å²) in [5, 5.41) is 13.3. The summed E-state index contributed by atoms with van der Waals surface area (Å²) in [6.07, 6.45) is 1.68. The Bertz CT molecular complexity index is 1330. The van der Waals surface area contributed by atoms with Crippen molar-refractivity contribution in [2.24, 2.45) is 5.92 Å². The highest BCUT2D eigenvalue weighted by atomic mass is 16.6. The zero-order valence-electron chi connectivity index (χ0n) is 21.9. The van der Waals surface area contributed by atoms with E-state index >= 15 is 0 Å². The Morgan fingerprint density at radius 1 is 1.03 bits per heavy atom. The minimum absolute atomic E-state index is 0.0285. The van der Waals surface area contributed by atoms with Crippen molar-refractivity contribution in [2.45, 2.75) is 60.1 Å². The Morgan fingerprint density at radius 2 is 1.58 bits per heavy atom. The molecular formula is C29H32N4O3. The molecule has 0 spiro atoms. The van der Waals surface area contributed by atoms with E-state index in [-0.39, 0.29) is 29.1 Å². The molecule has 3 aromatic rings. The first-order chi connectivity index (χ1) is 16.9. The number of nitrogens with zero attached hydrogens (tertiary/aromatic N) is 4. The van der Waals surface area contributed by atoms with E-state index in [0.29, 0.717) is 22.4 Å². The maximum atomic E-state index is 13.1. The van der Waals surface area contributed by atoms with Crippen molar-refractivity contribution < 1.29 is 9.53 Å². The van der Waals surface area contributed by atoms with Crippen molar-refractivity contribution in [2.75, 3.05) is 0 Å². The normalized spacial score (nSPS) is 10.8. The smallest absolute Gasteiger partial charge is 0.308 e. The van der Waals surface area contributed by atoms with Crippen molar-refractivity contribution in [3.63, 3.8) is 0 Å². The van der Waals surface area contributed by atoms with Crippen molar-refractivity contribution in [3.05, 3.63) is 82.1 Å². The molecule has 0 saturated heterocycles. The number of rotatable bonds is 4. The molecule has 0 aliphatic heterocycles. The van der Waals surface area contributed by atoms with Gasteiger partial charge in [0.1, 0.15) is 5.60 Å². The lowest BCUT2D eigenvalue weighted by atomic mass is 9.96. The van der Waals surface area contributed by atoms with Gasteiger partial charge in [-0.15, -0.1) is 0 Å². The first kappa shape index (κ1) is 28.0.